The zero-order valence-corrected chi connectivity index (χ0v) is 16.3. The normalized spacial score (nSPS) is 12.9. The fourth-order valence-electron chi connectivity index (χ4n) is 3.52. The Hall–Kier alpha value is -2.47. The Morgan fingerprint density at radius 2 is 1.96 bits per heavy atom. The number of likely N-dealkylation sites (N-methyl/N-ethyl adjacent to an activating group) is 1. The van der Waals surface area contributed by atoms with Gasteiger partial charge in [-0.2, -0.15) is 0 Å². The van der Waals surface area contributed by atoms with Crippen molar-refractivity contribution in [1.29, 1.82) is 0 Å². The van der Waals surface area contributed by atoms with Crippen LogP contribution in [0.5, 0.6) is 0 Å². The lowest BCUT2D eigenvalue weighted by Gasteiger charge is -2.23. The predicted molar refractivity (Wildman–Crippen MR) is 112 cm³/mol. The van der Waals surface area contributed by atoms with Crippen LogP contribution in [-0.2, 0) is 6.54 Å². The number of fused-ring (bicyclic) bond motifs is 3. The minimum Gasteiger partial charge on any atom is -0.423 e. The second-order valence-electron chi connectivity index (χ2n) is 6.88. The summed E-state index contributed by atoms with van der Waals surface area (Å²) in [6.07, 6.45) is 0. The van der Waals surface area contributed by atoms with Gasteiger partial charge >= 0.3 is 5.63 Å². The van der Waals surface area contributed by atoms with Gasteiger partial charge in [-0.25, -0.2) is 4.79 Å². The first kappa shape index (κ1) is 17.9. The van der Waals surface area contributed by atoms with Crippen molar-refractivity contribution >= 4 is 33.1 Å². The quantitative estimate of drug-likeness (QED) is 0.399. The fourth-order valence-corrected chi connectivity index (χ4v) is 4.44. The van der Waals surface area contributed by atoms with Crippen LogP contribution in [0, 0.1) is 0 Å². The summed E-state index contributed by atoms with van der Waals surface area (Å²) in [5.41, 5.74) is 1.30. The van der Waals surface area contributed by atoms with Gasteiger partial charge in [0.25, 0.3) is 0 Å². The highest BCUT2D eigenvalue weighted by Crippen LogP contribution is 2.28. The lowest BCUT2D eigenvalue weighted by molar-refractivity contribution is 0.292. The van der Waals surface area contributed by atoms with Crippen molar-refractivity contribution in [2.75, 3.05) is 20.6 Å². The summed E-state index contributed by atoms with van der Waals surface area (Å²) in [5.74, 6) is 0. The third kappa shape index (κ3) is 3.67. The summed E-state index contributed by atoms with van der Waals surface area (Å²) >= 11 is 1.77. The number of thiophene rings is 1. The molecule has 0 bridgehead atoms. The maximum absolute atomic E-state index is 12.0. The van der Waals surface area contributed by atoms with Gasteiger partial charge in [-0.15, -0.1) is 11.3 Å². The van der Waals surface area contributed by atoms with Gasteiger partial charge in [-0.1, -0.05) is 36.4 Å². The number of nitrogens with zero attached hydrogens (tertiary/aromatic N) is 1. The van der Waals surface area contributed by atoms with E-state index < -0.39 is 0 Å². The maximum atomic E-state index is 12.0. The average Bonchev–Trinajstić information content (AvgIpc) is 3.18. The molecule has 4 rings (SSSR count). The van der Waals surface area contributed by atoms with Crippen LogP contribution in [0.3, 0.4) is 0 Å². The molecule has 0 amide bonds. The fraction of sp³-hybridized carbons (Fsp3) is 0.227. The molecule has 1 atom stereocenters. The van der Waals surface area contributed by atoms with Gasteiger partial charge < -0.3 is 14.6 Å². The highest BCUT2D eigenvalue weighted by Gasteiger charge is 2.15. The number of benzene rings is 2. The van der Waals surface area contributed by atoms with E-state index in [2.05, 4.69) is 54.0 Å². The molecule has 0 aliphatic heterocycles. The van der Waals surface area contributed by atoms with Gasteiger partial charge in [0.2, 0.25) is 0 Å². The Morgan fingerprint density at radius 1 is 1.11 bits per heavy atom. The second kappa shape index (κ2) is 7.64. The van der Waals surface area contributed by atoms with Crippen LogP contribution < -0.4 is 10.9 Å². The molecule has 4 nitrogen and oxygen atoms in total. The lowest BCUT2D eigenvalue weighted by atomic mass is 10.0. The van der Waals surface area contributed by atoms with Crippen LogP contribution in [-0.4, -0.2) is 25.5 Å². The van der Waals surface area contributed by atoms with Crippen molar-refractivity contribution in [3.05, 3.63) is 80.8 Å². The summed E-state index contributed by atoms with van der Waals surface area (Å²) in [7, 11) is 4.18. The molecule has 0 saturated heterocycles. The Balaban J connectivity index is 1.65. The van der Waals surface area contributed by atoms with Gasteiger partial charge in [0.15, 0.2) is 0 Å². The van der Waals surface area contributed by atoms with Gasteiger partial charge in [0.1, 0.15) is 5.58 Å². The molecule has 0 aliphatic carbocycles. The Kier molecular flexibility index (Phi) is 5.07. The van der Waals surface area contributed by atoms with Crippen molar-refractivity contribution < 1.29 is 4.42 Å². The summed E-state index contributed by atoms with van der Waals surface area (Å²) < 4.78 is 5.45. The summed E-state index contributed by atoms with van der Waals surface area (Å²) in [4.78, 5) is 15.6. The largest absolute Gasteiger partial charge is 0.423 e. The molecule has 27 heavy (non-hydrogen) atoms. The topological polar surface area (TPSA) is 45.5 Å². The third-order valence-corrected chi connectivity index (χ3v) is 5.84. The molecule has 5 heteroatoms. The zero-order valence-electron chi connectivity index (χ0n) is 15.4. The first-order valence-electron chi connectivity index (χ1n) is 8.98. The van der Waals surface area contributed by atoms with Crippen LogP contribution in [0.1, 0.15) is 16.5 Å². The number of hydrogen-bond donors (Lipinski definition) is 1. The Morgan fingerprint density at radius 3 is 2.74 bits per heavy atom. The van der Waals surface area contributed by atoms with Crippen LogP contribution in [0.15, 0.2) is 69.2 Å². The Bertz CT molecular complexity index is 1120. The third-order valence-electron chi connectivity index (χ3n) is 4.86. The van der Waals surface area contributed by atoms with Gasteiger partial charge in [-0.05, 0) is 47.9 Å². The van der Waals surface area contributed by atoms with E-state index in [0.717, 1.165) is 28.3 Å². The Labute approximate surface area is 162 Å². The predicted octanol–water partition coefficient (Wildman–Crippen LogP) is 4.40. The zero-order chi connectivity index (χ0) is 18.8. The van der Waals surface area contributed by atoms with E-state index in [1.165, 1.54) is 4.88 Å². The molecular weight excluding hydrogens is 356 g/mol. The van der Waals surface area contributed by atoms with Crippen LogP contribution in [0.25, 0.3) is 21.7 Å². The minimum absolute atomic E-state index is 0.299. The standard InChI is InChI=1S/C22H22N2O2S/c1-24(2)18(20-8-5-11-27-20)14-23-13-16-12-21(25)26-19-10-9-15-6-3-4-7-17(15)22(16)19/h3-12,18,23H,13-14H2,1-2H3/t18-/m1/s1. The highest BCUT2D eigenvalue weighted by atomic mass is 32.1. The summed E-state index contributed by atoms with van der Waals surface area (Å²) in [6.45, 7) is 1.42. The molecule has 0 radical (unpaired) electrons. The summed E-state index contributed by atoms with van der Waals surface area (Å²) in [6, 6.07) is 18.2. The summed E-state index contributed by atoms with van der Waals surface area (Å²) in [5, 5.41) is 8.91. The maximum Gasteiger partial charge on any atom is 0.336 e. The molecule has 1 N–H and O–H groups in total. The first-order valence-corrected chi connectivity index (χ1v) is 9.86. The number of rotatable bonds is 6. The van der Waals surface area contributed by atoms with Gasteiger partial charge in [-0.3, -0.25) is 0 Å². The molecule has 4 aromatic rings. The van der Waals surface area contributed by atoms with Crippen molar-refractivity contribution in [2.45, 2.75) is 12.6 Å². The van der Waals surface area contributed by atoms with E-state index in [4.69, 9.17) is 4.42 Å². The van der Waals surface area contributed by atoms with E-state index in [9.17, 15) is 4.79 Å². The first-order chi connectivity index (χ1) is 13.1. The number of nitrogens with one attached hydrogen (secondary N) is 1. The second-order valence-corrected chi connectivity index (χ2v) is 7.86. The molecule has 138 valence electrons. The molecule has 0 unspecified atom stereocenters. The number of hydrogen-bond acceptors (Lipinski definition) is 5. The van der Waals surface area contributed by atoms with E-state index in [1.54, 1.807) is 17.4 Å². The average molecular weight is 378 g/mol. The molecule has 0 saturated carbocycles. The lowest BCUT2D eigenvalue weighted by Crippen LogP contribution is -2.30. The van der Waals surface area contributed by atoms with Crippen LogP contribution in [0.4, 0.5) is 0 Å². The highest BCUT2D eigenvalue weighted by molar-refractivity contribution is 7.10. The molecular formula is C22H22N2O2S. The monoisotopic (exact) mass is 378 g/mol. The molecule has 2 aromatic heterocycles. The molecule has 0 fully saturated rings. The molecule has 0 aliphatic rings. The molecule has 2 aromatic carbocycles. The van der Waals surface area contributed by atoms with E-state index in [-0.39, 0.29) is 5.63 Å². The van der Waals surface area contributed by atoms with Crippen molar-refractivity contribution in [1.82, 2.24) is 10.2 Å². The van der Waals surface area contributed by atoms with Crippen LogP contribution >= 0.6 is 11.3 Å². The molecule has 2 heterocycles. The van der Waals surface area contributed by atoms with Crippen molar-refractivity contribution in [3.8, 4) is 0 Å². The van der Waals surface area contributed by atoms with Crippen molar-refractivity contribution in [2.24, 2.45) is 0 Å². The van der Waals surface area contributed by atoms with Crippen molar-refractivity contribution in [3.63, 3.8) is 0 Å². The minimum atomic E-state index is -0.308. The van der Waals surface area contributed by atoms with Gasteiger partial charge in [0.05, 0.1) is 6.04 Å². The van der Waals surface area contributed by atoms with E-state index >= 15 is 0 Å². The smallest absolute Gasteiger partial charge is 0.336 e. The van der Waals surface area contributed by atoms with Gasteiger partial charge in [0, 0.05) is 29.4 Å². The van der Waals surface area contributed by atoms with E-state index in [1.807, 2.05) is 24.3 Å². The van der Waals surface area contributed by atoms with E-state index in [0.29, 0.717) is 18.2 Å². The molecule has 0 spiro atoms. The van der Waals surface area contributed by atoms with Crippen LogP contribution in [0.2, 0.25) is 0 Å². The SMILES string of the molecule is CN(C)[C@H](CNCc1cc(=O)oc2ccc3ccccc3c12)c1cccs1.